The monoisotopic (exact) mass is 362 g/mol. The van der Waals surface area contributed by atoms with Crippen LogP contribution in [0.1, 0.15) is 17.3 Å². The van der Waals surface area contributed by atoms with Crippen LogP contribution < -0.4 is 15.4 Å². The van der Waals surface area contributed by atoms with Gasteiger partial charge in [-0.3, -0.25) is 9.59 Å². The van der Waals surface area contributed by atoms with Crippen LogP contribution in [0.25, 0.3) is 0 Å². The number of amides is 2. The largest absolute Gasteiger partial charge is 0.496 e. The smallest absolute Gasteiger partial charge is 0.259 e. The average molecular weight is 363 g/mol. The summed E-state index contributed by atoms with van der Waals surface area (Å²) < 4.78 is 5.98. The van der Waals surface area contributed by atoms with Crippen LogP contribution in [0.2, 0.25) is 0 Å². The molecule has 0 aliphatic carbocycles. The zero-order valence-electron chi connectivity index (χ0n) is 12.1. The van der Waals surface area contributed by atoms with Crippen molar-refractivity contribution in [3.63, 3.8) is 0 Å². The molecule has 2 amide bonds. The number of carbonyl (C=O) groups excluding carboxylic acids is 2. The fourth-order valence-electron chi connectivity index (χ4n) is 1.93. The third-order valence-electron chi connectivity index (χ3n) is 2.85. The van der Waals surface area contributed by atoms with E-state index in [-0.39, 0.29) is 11.8 Å². The first-order valence-electron chi connectivity index (χ1n) is 6.52. The maximum Gasteiger partial charge on any atom is 0.259 e. The van der Waals surface area contributed by atoms with Gasteiger partial charge in [-0.05, 0) is 36.4 Å². The predicted molar refractivity (Wildman–Crippen MR) is 89.4 cm³/mol. The normalized spacial score (nSPS) is 9.95. The lowest BCUT2D eigenvalue weighted by Crippen LogP contribution is -2.13. The van der Waals surface area contributed by atoms with E-state index >= 15 is 0 Å². The molecule has 114 valence electrons. The van der Waals surface area contributed by atoms with Gasteiger partial charge in [0.2, 0.25) is 5.91 Å². The lowest BCUT2D eigenvalue weighted by atomic mass is 10.2. The van der Waals surface area contributed by atoms with Crippen LogP contribution in [0.4, 0.5) is 11.4 Å². The summed E-state index contributed by atoms with van der Waals surface area (Å²) in [6, 6.07) is 12.1. The Hall–Kier alpha value is -2.34. The molecule has 2 rings (SSSR count). The molecule has 22 heavy (non-hydrogen) atoms. The third-order valence-corrected chi connectivity index (χ3v) is 3.34. The molecule has 0 heterocycles. The quantitative estimate of drug-likeness (QED) is 0.871. The van der Waals surface area contributed by atoms with Crippen molar-refractivity contribution in [3.8, 4) is 5.75 Å². The van der Waals surface area contributed by atoms with Gasteiger partial charge in [0.05, 0.1) is 12.7 Å². The molecule has 0 saturated heterocycles. The van der Waals surface area contributed by atoms with Crippen molar-refractivity contribution in [1.82, 2.24) is 0 Å². The van der Waals surface area contributed by atoms with Crippen LogP contribution in [-0.2, 0) is 4.79 Å². The number of halogens is 1. The summed E-state index contributed by atoms with van der Waals surface area (Å²) in [5.74, 6) is 0.0222. The van der Waals surface area contributed by atoms with Crippen LogP contribution >= 0.6 is 15.9 Å². The third kappa shape index (κ3) is 4.08. The van der Waals surface area contributed by atoms with Crippen LogP contribution in [0.5, 0.6) is 5.75 Å². The second kappa shape index (κ2) is 7.09. The van der Waals surface area contributed by atoms with E-state index in [2.05, 4.69) is 26.6 Å². The van der Waals surface area contributed by atoms with E-state index in [4.69, 9.17) is 4.74 Å². The Morgan fingerprint density at radius 1 is 1.05 bits per heavy atom. The molecule has 2 aromatic rings. The van der Waals surface area contributed by atoms with Gasteiger partial charge in [0.25, 0.3) is 5.91 Å². The zero-order chi connectivity index (χ0) is 16.1. The van der Waals surface area contributed by atoms with Crippen molar-refractivity contribution in [3.05, 3.63) is 52.5 Å². The van der Waals surface area contributed by atoms with Gasteiger partial charge in [0, 0.05) is 22.8 Å². The van der Waals surface area contributed by atoms with Crippen LogP contribution in [0.3, 0.4) is 0 Å². The number of ether oxygens (including phenoxy) is 1. The summed E-state index contributed by atoms with van der Waals surface area (Å²) in [7, 11) is 1.51. The van der Waals surface area contributed by atoms with Crippen LogP contribution in [0.15, 0.2) is 46.9 Å². The van der Waals surface area contributed by atoms with E-state index < -0.39 is 0 Å². The molecule has 0 bridgehead atoms. The zero-order valence-corrected chi connectivity index (χ0v) is 13.7. The van der Waals surface area contributed by atoms with Crippen molar-refractivity contribution in [2.75, 3.05) is 17.7 Å². The lowest BCUT2D eigenvalue weighted by Gasteiger charge is -2.11. The number of methoxy groups -OCH3 is 1. The Balaban J connectivity index is 2.22. The topological polar surface area (TPSA) is 67.4 Å². The van der Waals surface area contributed by atoms with Gasteiger partial charge in [-0.25, -0.2) is 0 Å². The summed E-state index contributed by atoms with van der Waals surface area (Å²) >= 11 is 3.33. The summed E-state index contributed by atoms with van der Waals surface area (Å²) in [5, 5.41) is 5.45. The van der Waals surface area contributed by atoms with E-state index in [1.54, 1.807) is 42.5 Å². The van der Waals surface area contributed by atoms with Crippen LogP contribution in [0, 0.1) is 0 Å². The second-order valence-electron chi connectivity index (χ2n) is 4.56. The second-order valence-corrected chi connectivity index (χ2v) is 5.48. The highest BCUT2D eigenvalue weighted by atomic mass is 79.9. The molecule has 0 aliphatic heterocycles. The molecule has 2 aromatic carbocycles. The molecular weight excluding hydrogens is 348 g/mol. The van der Waals surface area contributed by atoms with Crippen LogP contribution in [-0.4, -0.2) is 18.9 Å². The Kier molecular flexibility index (Phi) is 5.16. The Bertz CT molecular complexity index is 716. The number of carbonyl (C=O) groups is 2. The highest BCUT2D eigenvalue weighted by Crippen LogP contribution is 2.24. The van der Waals surface area contributed by atoms with Crippen molar-refractivity contribution in [2.45, 2.75) is 6.92 Å². The first-order chi connectivity index (χ1) is 10.5. The molecule has 0 spiro atoms. The minimum absolute atomic E-state index is 0.169. The fourth-order valence-corrected chi connectivity index (χ4v) is 2.30. The summed E-state index contributed by atoms with van der Waals surface area (Å²) in [6.07, 6.45) is 0. The maximum atomic E-state index is 12.4. The summed E-state index contributed by atoms with van der Waals surface area (Å²) in [5.41, 5.74) is 1.62. The molecule has 0 aliphatic rings. The highest BCUT2D eigenvalue weighted by molar-refractivity contribution is 9.10. The molecule has 0 fully saturated rings. The number of rotatable bonds is 4. The van der Waals surface area contributed by atoms with Gasteiger partial charge >= 0.3 is 0 Å². The van der Waals surface area contributed by atoms with E-state index in [9.17, 15) is 9.59 Å². The standard InChI is InChI=1S/C16H15BrN2O3/c1-10(20)18-12-4-3-5-13(9-12)19-16(21)14-8-11(17)6-7-15(14)22-2/h3-9H,1-2H3,(H,18,20)(H,19,21). The van der Waals surface area contributed by atoms with E-state index in [0.717, 1.165) is 4.47 Å². The Morgan fingerprint density at radius 3 is 2.36 bits per heavy atom. The number of hydrogen-bond acceptors (Lipinski definition) is 3. The van der Waals surface area contributed by atoms with Gasteiger partial charge in [-0.15, -0.1) is 0 Å². The number of benzene rings is 2. The van der Waals surface area contributed by atoms with E-state index in [1.165, 1.54) is 14.0 Å². The van der Waals surface area contributed by atoms with E-state index in [1.807, 2.05) is 0 Å². The van der Waals surface area contributed by atoms with Gasteiger partial charge in [0.15, 0.2) is 0 Å². The minimum atomic E-state index is -0.293. The number of hydrogen-bond donors (Lipinski definition) is 2. The minimum Gasteiger partial charge on any atom is -0.496 e. The lowest BCUT2D eigenvalue weighted by molar-refractivity contribution is -0.114. The number of anilines is 2. The van der Waals surface area contributed by atoms with Gasteiger partial charge < -0.3 is 15.4 Å². The molecule has 2 N–H and O–H groups in total. The number of nitrogens with one attached hydrogen (secondary N) is 2. The van der Waals surface area contributed by atoms with Gasteiger partial charge in [-0.2, -0.15) is 0 Å². The summed E-state index contributed by atoms with van der Waals surface area (Å²) in [4.78, 5) is 23.4. The maximum absolute atomic E-state index is 12.4. The van der Waals surface area contributed by atoms with Gasteiger partial charge in [-0.1, -0.05) is 22.0 Å². The van der Waals surface area contributed by atoms with Crippen molar-refractivity contribution >= 4 is 39.1 Å². The molecule has 0 unspecified atom stereocenters. The van der Waals surface area contributed by atoms with Gasteiger partial charge in [0.1, 0.15) is 5.75 Å². The average Bonchev–Trinajstić information content (AvgIpc) is 2.46. The molecule has 0 radical (unpaired) electrons. The molecule has 5 nitrogen and oxygen atoms in total. The molecule has 6 heteroatoms. The highest BCUT2D eigenvalue weighted by Gasteiger charge is 2.13. The molecular formula is C16H15BrN2O3. The molecule has 0 atom stereocenters. The van der Waals surface area contributed by atoms with Crippen molar-refractivity contribution < 1.29 is 14.3 Å². The van der Waals surface area contributed by atoms with Crippen molar-refractivity contribution in [2.24, 2.45) is 0 Å². The van der Waals surface area contributed by atoms with E-state index in [0.29, 0.717) is 22.7 Å². The predicted octanol–water partition coefficient (Wildman–Crippen LogP) is 3.67. The fraction of sp³-hybridized carbons (Fsp3) is 0.125. The first-order valence-corrected chi connectivity index (χ1v) is 7.31. The van der Waals surface area contributed by atoms with Crippen molar-refractivity contribution in [1.29, 1.82) is 0 Å². The first kappa shape index (κ1) is 16.0. The SMILES string of the molecule is COc1ccc(Br)cc1C(=O)Nc1cccc(NC(C)=O)c1. The Labute approximate surface area is 136 Å². The molecule has 0 aromatic heterocycles. The Morgan fingerprint density at radius 2 is 1.73 bits per heavy atom. The molecule has 0 saturated carbocycles. The summed E-state index contributed by atoms with van der Waals surface area (Å²) in [6.45, 7) is 1.43.